The highest BCUT2D eigenvalue weighted by Crippen LogP contribution is 2.33. The van der Waals surface area contributed by atoms with Gasteiger partial charge >= 0.3 is 0 Å². The third-order valence-corrected chi connectivity index (χ3v) is 5.44. The van der Waals surface area contributed by atoms with E-state index in [0.717, 1.165) is 53.3 Å². The second-order valence-corrected chi connectivity index (χ2v) is 7.73. The van der Waals surface area contributed by atoms with Crippen molar-refractivity contribution in [2.75, 3.05) is 25.5 Å². The van der Waals surface area contributed by atoms with Crippen LogP contribution in [0, 0.1) is 6.92 Å². The van der Waals surface area contributed by atoms with Crippen LogP contribution in [0.15, 0.2) is 48.8 Å². The van der Waals surface area contributed by atoms with Crippen molar-refractivity contribution in [2.24, 2.45) is 7.05 Å². The van der Waals surface area contributed by atoms with Crippen molar-refractivity contribution in [2.45, 2.75) is 25.8 Å². The van der Waals surface area contributed by atoms with Gasteiger partial charge in [-0.3, -0.25) is 19.4 Å². The number of carbonyl (C=O) groups is 1. The minimum Gasteiger partial charge on any atom is -0.497 e. The van der Waals surface area contributed by atoms with Gasteiger partial charge in [0.2, 0.25) is 5.91 Å². The number of ether oxygens (including phenoxy) is 1. The second kappa shape index (κ2) is 8.67. The average molecular weight is 406 g/mol. The van der Waals surface area contributed by atoms with E-state index in [1.54, 1.807) is 11.8 Å². The fraction of sp³-hybridized carbons (Fsp3) is 0.348. The van der Waals surface area contributed by atoms with Crippen molar-refractivity contribution in [1.82, 2.24) is 19.7 Å². The van der Waals surface area contributed by atoms with Crippen molar-refractivity contribution in [3.8, 4) is 16.9 Å². The summed E-state index contributed by atoms with van der Waals surface area (Å²) in [5.41, 5.74) is 4.94. The molecule has 0 spiro atoms. The SMILES string of the molecule is COc1ccc(NC(=O)CN2CCC[C@H]2c2cc(-c3cnn(C)c3)cc(C)n2)cc1. The molecular weight excluding hydrogens is 378 g/mol. The zero-order chi connectivity index (χ0) is 21.1. The van der Waals surface area contributed by atoms with Crippen molar-refractivity contribution >= 4 is 11.6 Å². The molecule has 0 saturated carbocycles. The fourth-order valence-corrected chi connectivity index (χ4v) is 4.01. The zero-order valence-electron chi connectivity index (χ0n) is 17.6. The first-order chi connectivity index (χ1) is 14.5. The van der Waals surface area contributed by atoms with Gasteiger partial charge in [0.05, 0.1) is 31.6 Å². The Labute approximate surface area is 176 Å². The van der Waals surface area contributed by atoms with Crippen molar-refractivity contribution in [3.63, 3.8) is 0 Å². The average Bonchev–Trinajstić information content (AvgIpc) is 3.37. The molecule has 1 N–H and O–H groups in total. The number of methoxy groups -OCH3 is 1. The number of nitrogens with one attached hydrogen (secondary N) is 1. The van der Waals surface area contributed by atoms with Crippen LogP contribution in [0.1, 0.15) is 30.3 Å². The first kappa shape index (κ1) is 20.1. The fourth-order valence-electron chi connectivity index (χ4n) is 4.01. The molecule has 0 unspecified atom stereocenters. The van der Waals surface area contributed by atoms with Crippen molar-refractivity contribution in [1.29, 1.82) is 0 Å². The highest BCUT2D eigenvalue weighted by atomic mass is 16.5. The van der Waals surface area contributed by atoms with Crippen LogP contribution in [-0.4, -0.2) is 45.8 Å². The molecule has 3 heterocycles. The Morgan fingerprint density at radius 1 is 1.23 bits per heavy atom. The van der Waals surface area contributed by atoms with Gasteiger partial charge in [-0.1, -0.05) is 0 Å². The number of aromatic nitrogens is 3. The van der Waals surface area contributed by atoms with Crippen LogP contribution in [0.5, 0.6) is 5.75 Å². The highest BCUT2D eigenvalue weighted by molar-refractivity contribution is 5.92. The number of likely N-dealkylation sites (tertiary alicyclic amines) is 1. The summed E-state index contributed by atoms with van der Waals surface area (Å²) in [6.45, 7) is 3.24. The van der Waals surface area contributed by atoms with Crippen LogP contribution in [0.4, 0.5) is 5.69 Å². The van der Waals surface area contributed by atoms with Gasteiger partial charge in [-0.2, -0.15) is 5.10 Å². The van der Waals surface area contributed by atoms with Gasteiger partial charge in [-0.15, -0.1) is 0 Å². The number of pyridine rings is 1. The number of carbonyl (C=O) groups excluding carboxylic acids is 1. The number of amides is 1. The molecule has 1 aliphatic heterocycles. The third kappa shape index (κ3) is 4.52. The summed E-state index contributed by atoms with van der Waals surface area (Å²) >= 11 is 0. The molecule has 30 heavy (non-hydrogen) atoms. The molecule has 7 heteroatoms. The predicted octanol–water partition coefficient (Wildman–Crippen LogP) is 3.57. The van der Waals surface area contributed by atoms with Gasteiger partial charge in [-0.05, 0) is 68.3 Å². The van der Waals surface area contributed by atoms with Crippen molar-refractivity contribution < 1.29 is 9.53 Å². The monoisotopic (exact) mass is 405 g/mol. The van der Waals surface area contributed by atoms with Gasteiger partial charge in [0.15, 0.2) is 0 Å². The molecule has 1 aromatic carbocycles. The van der Waals surface area contributed by atoms with E-state index in [4.69, 9.17) is 9.72 Å². The lowest BCUT2D eigenvalue weighted by Crippen LogP contribution is -2.33. The molecule has 3 aromatic rings. The second-order valence-electron chi connectivity index (χ2n) is 7.73. The number of nitrogens with zero attached hydrogens (tertiary/aromatic N) is 4. The first-order valence-electron chi connectivity index (χ1n) is 10.2. The summed E-state index contributed by atoms with van der Waals surface area (Å²) in [5.74, 6) is 0.745. The van der Waals surface area contributed by atoms with E-state index in [0.29, 0.717) is 6.54 Å². The van der Waals surface area contributed by atoms with E-state index in [-0.39, 0.29) is 11.9 Å². The van der Waals surface area contributed by atoms with Crippen LogP contribution in [-0.2, 0) is 11.8 Å². The van der Waals surface area contributed by atoms with Crippen molar-refractivity contribution in [3.05, 3.63) is 60.2 Å². The summed E-state index contributed by atoms with van der Waals surface area (Å²) < 4.78 is 6.97. The lowest BCUT2D eigenvalue weighted by molar-refractivity contribution is -0.117. The lowest BCUT2D eigenvalue weighted by Gasteiger charge is -2.24. The van der Waals surface area contributed by atoms with Gasteiger partial charge in [0.1, 0.15) is 5.75 Å². The lowest BCUT2D eigenvalue weighted by atomic mass is 10.0. The van der Waals surface area contributed by atoms with E-state index in [1.807, 2.05) is 50.6 Å². The minimum atomic E-state index is -0.0211. The van der Waals surface area contributed by atoms with Crippen LogP contribution in [0.25, 0.3) is 11.1 Å². The van der Waals surface area contributed by atoms with Crippen LogP contribution in [0.3, 0.4) is 0 Å². The van der Waals surface area contributed by atoms with E-state index in [2.05, 4.69) is 27.4 Å². The standard InChI is InChI=1S/C23H27N5O2/c1-16-11-17(18-13-24-27(2)14-18)12-21(25-16)22-5-4-10-28(22)15-23(29)26-19-6-8-20(30-3)9-7-19/h6-9,11-14,22H,4-5,10,15H2,1-3H3,(H,26,29)/t22-/m0/s1. The smallest absolute Gasteiger partial charge is 0.238 e. The Hall–Kier alpha value is -3.19. The molecule has 1 atom stereocenters. The first-order valence-corrected chi connectivity index (χ1v) is 10.2. The molecule has 1 amide bonds. The van der Waals surface area contributed by atoms with E-state index < -0.39 is 0 Å². The maximum Gasteiger partial charge on any atom is 0.238 e. The maximum atomic E-state index is 12.6. The summed E-state index contributed by atoms with van der Waals surface area (Å²) in [5, 5.41) is 7.26. The van der Waals surface area contributed by atoms with Crippen LogP contribution < -0.4 is 10.1 Å². The molecule has 1 fully saturated rings. The number of hydrogen-bond acceptors (Lipinski definition) is 5. The largest absolute Gasteiger partial charge is 0.497 e. The molecule has 4 rings (SSSR count). The molecule has 0 radical (unpaired) electrons. The van der Waals surface area contributed by atoms with Crippen LogP contribution >= 0.6 is 0 Å². The molecule has 1 aliphatic rings. The number of benzene rings is 1. The number of anilines is 1. The molecule has 0 aliphatic carbocycles. The number of aryl methyl sites for hydroxylation is 2. The van der Waals surface area contributed by atoms with E-state index in [9.17, 15) is 4.79 Å². The highest BCUT2D eigenvalue weighted by Gasteiger charge is 2.29. The molecule has 1 saturated heterocycles. The van der Waals surface area contributed by atoms with Gasteiger partial charge < -0.3 is 10.1 Å². The normalized spacial score (nSPS) is 16.6. The summed E-state index contributed by atoms with van der Waals surface area (Å²) in [7, 11) is 3.54. The van der Waals surface area contributed by atoms with E-state index >= 15 is 0 Å². The Morgan fingerprint density at radius 2 is 2.03 bits per heavy atom. The number of hydrogen-bond donors (Lipinski definition) is 1. The molecule has 2 aromatic heterocycles. The van der Waals surface area contributed by atoms with Gasteiger partial charge in [-0.25, -0.2) is 0 Å². The molecule has 7 nitrogen and oxygen atoms in total. The number of rotatable bonds is 6. The summed E-state index contributed by atoms with van der Waals surface area (Å²) in [6, 6.07) is 11.7. The Morgan fingerprint density at radius 3 is 2.73 bits per heavy atom. The Balaban J connectivity index is 1.48. The van der Waals surface area contributed by atoms with Gasteiger partial charge in [0, 0.05) is 30.2 Å². The Kier molecular flexibility index (Phi) is 5.81. The quantitative estimate of drug-likeness (QED) is 0.679. The minimum absolute atomic E-state index is 0.0211. The maximum absolute atomic E-state index is 12.6. The predicted molar refractivity (Wildman–Crippen MR) is 116 cm³/mol. The molecule has 0 bridgehead atoms. The molecular formula is C23H27N5O2. The zero-order valence-corrected chi connectivity index (χ0v) is 17.6. The third-order valence-electron chi connectivity index (χ3n) is 5.44. The van der Waals surface area contributed by atoms with Crippen LogP contribution in [0.2, 0.25) is 0 Å². The summed E-state index contributed by atoms with van der Waals surface area (Å²) in [6.07, 6.45) is 5.93. The summed E-state index contributed by atoms with van der Waals surface area (Å²) in [4.78, 5) is 19.7. The Bertz CT molecular complexity index is 1030. The van der Waals surface area contributed by atoms with E-state index in [1.165, 1.54) is 0 Å². The topological polar surface area (TPSA) is 72.3 Å². The van der Waals surface area contributed by atoms with Gasteiger partial charge in [0.25, 0.3) is 0 Å². The molecule has 156 valence electrons.